The maximum atomic E-state index is 12.2. The van der Waals surface area contributed by atoms with Gasteiger partial charge in [0.1, 0.15) is 0 Å². The van der Waals surface area contributed by atoms with Crippen LogP contribution in [0.4, 0.5) is 0 Å². The molecule has 1 saturated heterocycles. The van der Waals surface area contributed by atoms with Crippen LogP contribution in [0.1, 0.15) is 21.5 Å². The van der Waals surface area contributed by atoms with E-state index in [1.165, 1.54) is 12.7 Å². The molecule has 3 rings (SSSR count). The van der Waals surface area contributed by atoms with Gasteiger partial charge in [-0.3, -0.25) is 14.6 Å². The SMILES string of the molecule is COC(=O)c1ccc(CNC(=O)CN2CCN(Cc3ccccc3)CC2)cc1. The summed E-state index contributed by atoms with van der Waals surface area (Å²) in [6.45, 7) is 5.56. The Labute approximate surface area is 166 Å². The molecule has 0 spiro atoms. The van der Waals surface area contributed by atoms with Gasteiger partial charge in [0.15, 0.2) is 0 Å². The molecule has 0 atom stereocenters. The van der Waals surface area contributed by atoms with E-state index in [9.17, 15) is 9.59 Å². The van der Waals surface area contributed by atoms with Crippen LogP contribution in [-0.4, -0.2) is 61.5 Å². The zero-order valence-electron chi connectivity index (χ0n) is 16.3. The number of carbonyl (C=O) groups is 2. The summed E-state index contributed by atoms with van der Waals surface area (Å²) in [7, 11) is 1.36. The maximum Gasteiger partial charge on any atom is 0.337 e. The van der Waals surface area contributed by atoms with E-state index in [0.717, 1.165) is 38.3 Å². The summed E-state index contributed by atoms with van der Waals surface area (Å²) >= 11 is 0. The average Bonchev–Trinajstić information content (AvgIpc) is 2.74. The third-order valence-corrected chi connectivity index (χ3v) is 4.95. The van der Waals surface area contributed by atoms with Gasteiger partial charge in [0.2, 0.25) is 5.91 Å². The molecule has 1 fully saturated rings. The molecule has 1 N–H and O–H groups in total. The van der Waals surface area contributed by atoms with Crippen molar-refractivity contribution in [3.05, 3.63) is 71.3 Å². The molecule has 0 aromatic heterocycles. The van der Waals surface area contributed by atoms with Gasteiger partial charge in [-0.05, 0) is 23.3 Å². The van der Waals surface area contributed by atoms with Crippen molar-refractivity contribution < 1.29 is 14.3 Å². The van der Waals surface area contributed by atoms with Gasteiger partial charge in [-0.2, -0.15) is 0 Å². The number of methoxy groups -OCH3 is 1. The van der Waals surface area contributed by atoms with Crippen molar-refractivity contribution >= 4 is 11.9 Å². The lowest BCUT2D eigenvalue weighted by Crippen LogP contribution is -2.49. The number of esters is 1. The largest absolute Gasteiger partial charge is 0.465 e. The van der Waals surface area contributed by atoms with Crippen LogP contribution in [0.25, 0.3) is 0 Å². The highest BCUT2D eigenvalue weighted by Crippen LogP contribution is 2.09. The van der Waals surface area contributed by atoms with E-state index in [0.29, 0.717) is 18.7 Å². The van der Waals surface area contributed by atoms with E-state index in [-0.39, 0.29) is 11.9 Å². The minimum Gasteiger partial charge on any atom is -0.465 e. The quantitative estimate of drug-likeness (QED) is 0.743. The summed E-state index contributed by atoms with van der Waals surface area (Å²) in [5.41, 5.74) is 2.78. The molecule has 0 aliphatic carbocycles. The first-order valence-corrected chi connectivity index (χ1v) is 9.56. The highest BCUT2D eigenvalue weighted by Gasteiger charge is 2.18. The minimum atomic E-state index is -0.359. The Morgan fingerprint density at radius 1 is 0.893 bits per heavy atom. The summed E-state index contributed by atoms with van der Waals surface area (Å²) in [5.74, 6) is -0.337. The Morgan fingerprint density at radius 2 is 1.54 bits per heavy atom. The third-order valence-electron chi connectivity index (χ3n) is 4.95. The fourth-order valence-corrected chi connectivity index (χ4v) is 3.28. The van der Waals surface area contributed by atoms with Gasteiger partial charge in [-0.1, -0.05) is 42.5 Å². The molecule has 2 aromatic rings. The zero-order chi connectivity index (χ0) is 19.8. The first-order valence-electron chi connectivity index (χ1n) is 9.56. The second kappa shape index (κ2) is 10.0. The Kier molecular flexibility index (Phi) is 7.17. The van der Waals surface area contributed by atoms with Crippen molar-refractivity contribution in [1.29, 1.82) is 0 Å². The number of hydrogen-bond acceptors (Lipinski definition) is 5. The molecule has 2 aromatic carbocycles. The van der Waals surface area contributed by atoms with Crippen LogP contribution < -0.4 is 5.32 Å². The van der Waals surface area contributed by atoms with Crippen molar-refractivity contribution in [2.24, 2.45) is 0 Å². The Balaban J connectivity index is 1.37. The molecule has 1 amide bonds. The Bertz CT molecular complexity index is 769. The Morgan fingerprint density at radius 3 is 2.18 bits per heavy atom. The fraction of sp³-hybridized carbons (Fsp3) is 0.364. The van der Waals surface area contributed by atoms with Gasteiger partial charge in [0.05, 0.1) is 19.2 Å². The fourth-order valence-electron chi connectivity index (χ4n) is 3.28. The van der Waals surface area contributed by atoms with Gasteiger partial charge >= 0.3 is 5.97 Å². The lowest BCUT2D eigenvalue weighted by molar-refractivity contribution is -0.122. The average molecular weight is 381 g/mol. The van der Waals surface area contributed by atoms with E-state index in [1.807, 2.05) is 18.2 Å². The highest BCUT2D eigenvalue weighted by atomic mass is 16.5. The molecule has 0 bridgehead atoms. The first-order chi connectivity index (χ1) is 13.6. The number of nitrogens with zero attached hydrogens (tertiary/aromatic N) is 2. The number of hydrogen-bond donors (Lipinski definition) is 1. The molecule has 1 heterocycles. The van der Waals surface area contributed by atoms with Crippen LogP contribution in [0.15, 0.2) is 54.6 Å². The summed E-state index contributed by atoms with van der Waals surface area (Å²) in [4.78, 5) is 28.3. The van der Waals surface area contributed by atoms with Gasteiger partial charge in [0.25, 0.3) is 0 Å². The molecule has 28 heavy (non-hydrogen) atoms. The van der Waals surface area contributed by atoms with E-state index in [2.05, 4.69) is 44.1 Å². The van der Waals surface area contributed by atoms with Gasteiger partial charge in [-0.15, -0.1) is 0 Å². The van der Waals surface area contributed by atoms with Crippen molar-refractivity contribution in [1.82, 2.24) is 15.1 Å². The van der Waals surface area contributed by atoms with Crippen LogP contribution in [0.3, 0.4) is 0 Å². The molecule has 0 unspecified atom stereocenters. The van der Waals surface area contributed by atoms with E-state index >= 15 is 0 Å². The van der Waals surface area contributed by atoms with E-state index in [4.69, 9.17) is 0 Å². The van der Waals surface area contributed by atoms with E-state index < -0.39 is 0 Å². The predicted octanol–water partition coefficient (Wildman–Crippen LogP) is 1.91. The first kappa shape index (κ1) is 20.0. The summed E-state index contributed by atoms with van der Waals surface area (Å²) in [6.07, 6.45) is 0. The number of nitrogens with one attached hydrogen (secondary N) is 1. The van der Waals surface area contributed by atoms with E-state index in [1.54, 1.807) is 12.1 Å². The summed E-state index contributed by atoms with van der Waals surface area (Å²) < 4.78 is 4.68. The van der Waals surface area contributed by atoms with Crippen molar-refractivity contribution in [3.8, 4) is 0 Å². The zero-order valence-corrected chi connectivity index (χ0v) is 16.3. The van der Waals surface area contributed by atoms with Gasteiger partial charge in [0, 0.05) is 39.3 Å². The van der Waals surface area contributed by atoms with Crippen LogP contribution in [-0.2, 0) is 22.6 Å². The summed E-state index contributed by atoms with van der Waals surface area (Å²) in [6, 6.07) is 17.5. The molecular formula is C22H27N3O3. The second-order valence-corrected chi connectivity index (χ2v) is 7.00. The normalized spacial score (nSPS) is 15.2. The van der Waals surface area contributed by atoms with Crippen molar-refractivity contribution in [2.75, 3.05) is 39.8 Å². The molecular weight excluding hydrogens is 354 g/mol. The van der Waals surface area contributed by atoms with Crippen LogP contribution in [0.5, 0.6) is 0 Å². The smallest absolute Gasteiger partial charge is 0.337 e. The lowest BCUT2D eigenvalue weighted by atomic mass is 10.1. The lowest BCUT2D eigenvalue weighted by Gasteiger charge is -2.34. The number of benzene rings is 2. The second-order valence-electron chi connectivity index (χ2n) is 7.00. The number of rotatable bonds is 7. The molecule has 1 aliphatic heterocycles. The number of amides is 1. The number of piperazine rings is 1. The monoisotopic (exact) mass is 381 g/mol. The maximum absolute atomic E-state index is 12.2. The molecule has 0 saturated carbocycles. The van der Waals surface area contributed by atoms with Crippen LogP contribution in [0, 0.1) is 0 Å². The number of carbonyl (C=O) groups excluding carboxylic acids is 2. The predicted molar refractivity (Wildman–Crippen MR) is 108 cm³/mol. The molecule has 6 heteroatoms. The minimum absolute atomic E-state index is 0.0218. The molecule has 1 aliphatic rings. The van der Waals surface area contributed by atoms with Gasteiger partial charge < -0.3 is 10.1 Å². The van der Waals surface area contributed by atoms with Crippen LogP contribution in [0.2, 0.25) is 0 Å². The highest BCUT2D eigenvalue weighted by molar-refractivity contribution is 5.89. The molecule has 6 nitrogen and oxygen atoms in total. The summed E-state index contributed by atoms with van der Waals surface area (Å²) in [5, 5.41) is 2.95. The Hall–Kier alpha value is -2.70. The van der Waals surface area contributed by atoms with Gasteiger partial charge in [-0.25, -0.2) is 4.79 Å². The third kappa shape index (κ3) is 5.90. The van der Waals surface area contributed by atoms with Crippen molar-refractivity contribution in [3.63, 3.8) is 0 Å². The molecule has 0 radical (unpaired) electrons. The standard InChI is InChI=1S/C22H27N3O3/c1-28-22(27)20-9-7-18(8-10-20)15-23-21(26)17-25-13-11-24(12-14-25)16-19-5-3-2-4-6-19/h2-10H,11-17H2,1H3,(H,23,26). The van der Waals surface area contributed by atoms with Crippen LogP contribution >= 0.6 is 0 Å². The van der Waals surface area contributed by atoms with Crippen molar-refractivity contribution in [2.45, 2.75) is 13.1 Å². The topological polar surface area (TPSA) is 61.9 Å². The molecule has 148 valence electrons. The number of ether oxygens (including phenoxy) is 1.